The van der Waals surface area contributed by atoms with Gasteiger partial charge in [0.1, 0.15) is 18.0 Å². The van der Waals surface area contributed by atoms with E-state index < -0.39 is 12.1 Å². The molecule has 0 amide bonds. The summed E-state index contributed by atoms with van der Waals surface area (Å²) in [4.78, 5) is 15.5. The second-order valence-corrected chi connectivity index (χ2v) is 5.90. The van der Waals surface area contributed by atoms with Crippen LogP contribution in [-0.2, 0) is 22.5 Å². The lowest BCUT2D eigenvalue weighted by Crippen LogP contribution is -2.26. The number of aromatic nitrogens is 2. The molecule has 0 aliphatic carbocycles. The van der Waals surface area contributed by atoms with Crippen LogP contribution in [0.5, 0.6) is 5.75 Å². The van der Waals surface area contributed by atoms with Crippen molar-refractivity contribution in [1.29, 1.82) is 0 Å². The first kappa shape index (κ1) is 17.9. The molecule has 0 spiro atoms. The highest BCUT2D eigenvalue weighted by atomic mass is 16.5. The summed E-state index contributed by atoms with van der Waals surface area (Å²) in [6.07, 6.45) is 3.31. The van der Waals surface area contributed by atoms with Gasteiger partial charge in [-0.1, -0.05) is 12.1 Å². The van der Waals surface area contributed by atoms with Crippen LogP contribution in [-0.4, -0.2) is 39.9 Å². The molecule has 0 aliphatic heterocycles. The molecule has 6 nitrogen and oxygen atoms in total. The van der Waals surface area contributed by atoms with Gasteiger partial charge in [0.2, 0.25) is 0 Å². The van der Waals surface area contributed by atoms with Gasteiger partial charge in [-0.05, 0) is 42.8 Å². The maximum atomic E-state index is 11.2. The Morgan fingerprint density at radius 3 is 2.77 bits per heavy atom. The van der Waals surface area contributed by atoms with Gasteiger partial charge < -0.3 is 19.1 Å². The Morgan fingerprint density at radius 2 is 2.04 bits per heavy atom. The van der Waals surface area contributed by atoms with E-state index in [4.69, 9.17) is 14.6 Å². The third kappa shape index (κ3) is 4.40. The second-order valence-electron chi connectivity index (χ2n) is 5.90. The summed E-state index contributed by atoms with van der Waals surface area (Å²) < 4.78 is 13.1. The van der Waals surface area contributed by atoms with Gasteiger partial charge in [-0.25, -0.2) is 9.78 Å². The fourth-order valence-corrected chi connectivity index (χ4v) is 2.82. The normalized spacial score (nSPS) is 12.2. The van der Waals surface area contributed by atoms with E-state index in [2.05, 4.69) is 9.55 Å². The minimum Gasteiger partial charge on any atom is -0.492 e. The van der Waals surface area contributed by atoms with Gasteiger partial charge in [0.25, 0.3) is 0 Å². The highest BCUT2D eigenvalue weighted by Gasteiger charge is 2.17. The molecular weight excluding hydrogens is 332 g/mol. The monoisotopic (exact) mass is 354 g/mol. The SMILES string of the molecule is CCOC(Cc1ccc(OCCn2ccc3cccnc32)cc1)C(=O)O. The zero-order valence-electron chi connectivity index (χ0n) is 14.7. The van der Waals surface area contributed by atoms with Crippen molar-refractivity contribution in [3.05, 3.63) is 60.4 Å². The molecule has 0 bridgehead atoms. The van der Waals surface area contributed by atoms with Crippen LogP contribution in [0.4, 0.5) is 0 Å². The summed E-state index contributed by atoms with van der Waals surface area (Å²) in [6, 6.07) is 13.4. The van der Waals surface area contributed by atoms with Gasteiger partial charge in [-0.2, -0.15) is 0 Å². The third-order valence-electron chi connectivity index (χ3n) is 4.11. The number of hydrogen-bond acceptors (Lipinski definition) is 4. The summed E-state index contributed by atoms with van der Waals surface area (Å²) in [5.41, 5.74) is 1.85. The summed E-state index contributed by atoms with van der Waals surface area (Å²) in [5, 5.41) is 10.3. The molecule has 0 radical (unpaired) electrons. The number of pyridine rings is 1. The minimum atomic E-state index is -0.945. The minimum absolute atomic E-state index is 0.338. The van der Waals surface area contributed by atoms with Crippen LogP contribution in [0.25, 0.3) is 11.0 Å². The molecule has 0 saturated heterocycles. The summed E-state index contributed by atoms with van der Waals surface area (Å²) in [6.45, 7) is 3.39. The lowest BCUT2D eigenvalue weighted by atomic mass is 10.1. The number of ether oxygens (including phenoxy) is 2. The van der Waals surface area contributed by atoms with Crippen LogP contribution in [0.3, 0.4) is 0 Å². The van der Waals surface area contributed by atoms with Crippen LogP contribution >= 0.6 is 0 Å². The largest absolute Gasteiger partial charge is 0.492 e. The second kappa shape index (κ2) is 8.49. The molecule has 2 aromatic heterocycles. The Kier molecular flexibility index (Phi) is 5.86. The zero-order valence-corrected chi connectivity index (χ0v) is 14.7. The van der Waals surface area contributed by atoms with Crippen molar-refractivity contribution in [3.8, 4) is 5.75 Å². The third-order valence-corrected chi connectivity index (χ3v) is 4.11. The maximum absolute atomic E-state index is 11.2. The number of carboxylic acids is 1. The number of rotatable bonds is 9. The summed E-state index contributed by atoms with van der Waals surface area (Å²) in [7, 11) is 0. The van der Waals surface area contributed by atoms with Crippen molar-refractivity contribution in [2.45, 2.75) is 26.0 Å². The lowest BCUT2D eigenvalue weighted by Gasteiger charge is -2.13. The average Bonchev–Trinajstić information content (AvgIpc) is 3.06. The van der Waals surface area contributed by atoms with Gasteiger partial charge in [-0.15, -0.1) is 0 Å². The van der Waals surface area contributed by atoms with E-state index in [0.29, 0.717) is 26.2 Å². The first-order chi connectivity index (χ1) is 12.7. The molecule has 3 aromatic rings. The fraction of sp³-hybridized carbons (Fsp3) is 0.300. The summed E-state index contributed by atoms with van der Waals surface area (Å²) >= 11 is 0. The molecule has 0 fully saturated rings. The average molecular weight is 354 g/mol. The maximum Gasteiger partial charge on any atom is 0.333 e. The van der Waals surface area contributed by atoms with Crippen molar-refractivity contribution in [1.82, 2.24) is 9.55 Å². The van der Waals surface area contributed by atoms with Gasteiger partial charge in [0, 0.05) is 30.8 Å². The van der Waals surface area contributed by atoms with Gasteiger partial charge >= 0.3 is 5.97 Å². The highest BCUT2D eigenvalue weighted by molar-refractivity contribution is 5.75. The number of benzene rings is 1. The Morgan fingerprint density at radius 1 is 1.23 bits per heavy atom. The first-order valence-electron chi connectivity index (χ1n) is 8.63. The molecule has 26 heavy (non-hydrogen) atoms. The van der Waals surface area contributed by atoms with Crippen molar-refractivity contribution in [3.63, 3.8) is 0 Å². The van der Waals surface area contributed by atoms with Crippen LogP contribution < -0.4 is 4.74 Å². The van der Waals surface area contributed by atoms with E-state index in [0.717, 1.165) is 22.3 Å². The van der Waals surface area contributed by atoms with Gasteiger partial charge in [0.05, 0.1) is 6.54 Å². The number of hydrogen-bond donors (Lipinski definition) is 1. The molecule has 6 heteroatoms. The van der Waals surface area contributed by atoms with Crippen molar-refractivity contribution in [2.75, 3.05) is 13.2 Å². The van der Waals surface area contributed by atoms with Crippen LogP contribution in [0.1, 0.15) is 12.5 Å². The van der Waals surface area contributed by atoms with Crippen LogP contribution in [0, 0.1) is 0 Å². The molecule has 1 N–H and O–H groups in total. The number of nitrogens with zero attached hydrogens (tertiary/aromatic N) is 2. The Hall–Kier alpha value is -2.86. The zero-order chi connectivity index (χ0) is 18.4. The van der Waals surface area contributed by atoms with Gasteiger partial charge in [-0.3, -0.25) is 0 Å². The van der Waals surface area contributed by atoms with Crippen molar-refractivity contribution >= 4 is 17.0 Å². The van der Waals surface area contributed by atoms with E-state index in [9.17, 15) is 4.79 Å². The molecule has 136 valence electrons. The quantitative estimate of drug-likeness (QED) is 0.639. The lowest BCUT2D eigenvalue weighted by molar-refractivity contribution is -0.149. The van der Waals surface area contributed by atoms with E-state index in [1.54, 1.807) is 13.1 Å². The number of carbonyl (C=O) groups is 1. The first-order valence-corrected chi connectivity index (χ1v) is 8.63. The van der Waals surface area contributed by atoms with E-state index in [1.165, 1.54) is 0 Å². The Bertz CT molecular complexity index is 858. The Labute approximate surface area is 152 Å². The molecule has 1 aromatic carbocycles. The number of aliphatic carboxylic acids is 1. The van der Waals surface area contributed by atoms with Crippen molar-refractivity contribution in [2.24, 2.45) is 0 Å². The Balaban J connectivity index is 1.53. The number of carboxylic acid groups (broad SMARTS) is 1. The molecule has 1 atom stereocenters. The fourth-order valence-electron chi connectivity index (χ4n) is 2.82. The molecule has 0 aliphatic rings. The van der Waals surface area contributed by atoms with E-state index >= 15 is 0 Å². The predicted molar refractivity (Wildman–Crippen MR) is 98.4 cm³/mol. The van der Waals surface area contributed by atoms with E-state index in [1.807, 2.05) is 48.7 Å². The molecule has 0 saturated carbocycles. The predicted octanol–water partition coefficient (Wildman–Crippen LogP) is 3.15. The van der Waals surface area contributed by atoms with Crippen LogP contribution in [0.2, 0.25) is 0 Å². The molecule has 2 heterocycles. The van der Waals surface area contributed by atoms with Crippen molar-refractivity contribution < 1.29 is 19.4 Å². The topological polar surface area (TPSA) is 73.6 Å². The summed E-state index contributed by atoms with van der Waals surface area (Å²) in [5.74, 6) is -0.193. The number of fused-ring (bicyclic) bond motifs is 1. The smallest absolute Gasteiger partial charge is 0.333 e. The standard InChI is InChI=1S/C20H22N2O4/c1-2-25-18(20(23)24)14-15-5-7-17(8-6-15)26-13-12-22-11-9-16-4-3-10-21-19(16)22/h3-11,18H,2,12-14H2,1H3,(H,23,24). The molecular formula is C20H22N2O4. The van der Waals surface area contributed by atoms with E-state index in [-0.39, 0.29) is 0 Å². The highest BCUT2D eigenvalue weighted by Crippen LogP contribution is 2.16. The van der Waals surface area contributed by atoms with Crippen LogP contribution in [0.15, 0.2) is 54.9 Å². The van der Waals surface area contributed by atoms with Gasteiger partial charge in [0.15, 0.2) is 6.10 Å². The molecule has 1 unspecified atom stereocenters. The molecule has 3 rings (SSSR count).